The van der Waals surface area contributed by atoms with E-state index >= 15 is 0 Å². The number of ether oxygens (including phenoxy) is 2. The number of piperidine rings is 1. The number of nitroso groups, excluding NO2 is 1. The lowest BCUT2D eigenvalue weighted by Crippen LogP contribution is -2.34. The van der Waals surface area contributed by atoms with Gasteiger partial charge in [-0.1, -0.05) is 23.5 Å². The first-order valence-electron chi connectivity index (χ1n) is 8.76. The van der Waals surface area contributed by atoms with Gasteiger partial charge in [-0.05, 0) is 35.5 Å². The minimum Gasteiger partial charge on any atom is -0.870 e. The van der Waals surface area contributed by atoms with Crippen LogP contribution in [0.5, 0.6) is 11.5 Å². The lowest BCUT2D eigenvalue weighted by Gasteiger charge is -2.23. The maximum Gasteiger partial charge on any atom is 0.304 e. The Balaban J connectivity index is 0.00000280. The van der Waals surface area contributed by atoms with Gasteiger partial charge in [-0.3, -0.25) is 4.90 Å². The van der Waals surface area contributed by atoms with Crippen molar-refractivity contribution in [1.29, 1.82) is 0 Å². The molecule has 2 heterocycles. The molecule has 28 heavy (non-hydrogen) atoms. The highest BCUT2D eigenvalue weighted by Gasteiger charge is 2.24. The summed E-state index contributed by atoms with van der Waals surface area (Å²) in [5.41, 5.74) is 2.53. The van der Waals surface area contributed by atoms with Gasteiger partial charge in [0.05, 0.1) is 39.1 Å². The zero-order valence-corrected chi connectivity index (χ0v) is 15.9. The molecule has 1 aromatic heterocycles. The van der Waals surface area contributed by atoms with E-state index in [0.29, 0.717) is 17.2 Å². The van der Waals surface area contributed by atoms with Crippen LogP contribution in [0.3, 0.4) is 0 Å². The summed E-state index contributed by atoms with van der Waals surface area (Å²) in [7, 11) is 3.22. The van der Waals surface area contributed by atoms with Crippen molar-refractivity contribution in [2.24, 2.45) is 5.18 Å². The van der Waals surface area contributed by atoms with Crippen LogP contribution in [0.4, 0.5) is 11.5 Å². The quantitative estimate of drug-likeness (QED) is 0.598. The summed E-state index contributed by atoms with van der Waals surface area (Å²) < 4.78 is 10.7. The Hall–Kier alpha value is -3.37. The number of rotatable bonds is 4. The second-order valence-corrected chi connectivity index (χ2v) is 6.10. The van der Waals surface area contributed by atoms with Gasteiger partial charge in [-0.25, -0.2) is 4.98 Å². The molecule has 0 spiro atoms. The highest BCUT2D eigenvalue weighted by molar-refractivity contribution is 5.58. The molecular weight excluding hydrogens is 358 g/mol. The molecule has 0 bridgehead atoms. The normalized spacial score (nSPS) is 12.9. The van der Waals surface area contributed by atoms with E-state index in [-0.39, 0.29) is 5.48 Å². The molecule has 0 amide bonds. The Labute approximate surface area is 164 Å². The van der Waals surface area contributed by atoms with E-state index in [2.05, 4.69) is 26.9 Å². The molecule has 0 radical (unpaired) electrons. The molecular formula is C21H23N3O4. The van der Waals surface area contributed by atoms with Gasteiger partial charge in [0.2, 0.25) is 0 Å². The largest absolute Gasteiger partial charge is 0.870 e. The molecule has 146 valence electrons. The predicted molar refractivity (Wildman–Crippen MR) is 106 cm³/mol. The molecule has 1 aliphatic rings. The van der Waals surface area contributed by atoms with E-state index in [1.165, 1.54) is 5.57 Å². The van der Waals surface area contributed by atoms with Crippen LogP contribution in [0.25, 0.3) is 0 Å². The van der Waals surface area contributed by atoms with Gasteiger partial charge in [0.1, 0.15) is 0 Å². The summed E-state index contributed by atoms with van der Waals surface area (Å²) in [5.74, 6) is 8.37. The monoisotopic (exact) mass is 381 g/mol. The number of hydrogen-bond donors (Lipinski definition) is 0. The smallest absolute Gasteiger partial charge is 0.304 e. The zero-order valence-electron chi connectivity index (χ0n) is 15.9. The molecule has 0 unspecified atom stereocenters. The number of pyridine rings is 1. The minimum absolute atomic E-state index is 0. The first kappa shape index (κ1) is 20.9. The third-order valence-electron chi connectivity index (χ3n) is 4.52. The van der Waals surface area contributed by atoms with Crippen LogP contribution in [0, 0.1) is 16.7 Å². The number of para-hydroxylation sites is 1. The zero-order chi connectivity index (χ0) is 19.1. The third-order valence-corrected chi connectivity index (χ3v) is 4.52. The number of aromatic amines is 1. The number of nitrogens with one attached hydrogen (secondary N) is 1. The average Bonchev–Trinajstić information content (AvgIpc) is 2.74. The highest BCUT2D eigenvalue weighted by Crippen LogP contribution is 2.30. The van der Waals surface area contributed by atoms with Crippen LogP contribution in [-0.2, 0) is 0 Å². The molecule has 0 atom stereocenters. The van der Waals surface area contributed by atoms with Gasteiger partial charge in [-0.15, -0.1) is 4.91 Å². The topological polar surface area (TPSA) is 95.3 Å². The van der Waals surface area contributed by atoms with E-state index in [9.17, 15) is 4.91 Å². The fourth-order valence-electron chi connectivity index (χ4n) is 3.11. The van der Waals surface area contributed by atoms with Crippen molar-refractivity contribution in [2.75, 3.05) is 32.2 Å². The number of methoxy groups -OCH3 is 2. The number of aromatic nitrogens is 1. The number of allylic oxidation sites excluding steroid dienone is 1. The Kier molecular flexibility index (Phi) is 7.55. The van der Waals surface area contributed by atoms with E-state index in [1.54, 1.807) is 26.4 Å². The number of H-pyrrole nitrogens is 1. The Morgan fingerprint density at radius 3 is 2.61 bits per heavy atom. The first-order valence-corrected chi connectivity index (χ1v) is 8.76. The fourth-order valence-corrected chi connectivity index (χ4v) is 3.11. The molecule has 2 N–H and O–H groups in total. The Morgan fingerprint density at radius 2 is 1.93 bits per heavy atom. The number of hydrogen-bond acceptors (Lipinski definition) is 6. The van der Waals surface area contributed by atoms with Crippen molar-refractivity contribution in [1.82, 2.24) is 0 Å². The van der Waals surface area contributed by atoms with E-state index in [4.69, 9.17) is 9.47 Å². The Bertz CT molecular complexity index is 905. The molecule has 0 aliphatic carbocycles. The number of nitrogens with zero attached hydrogens (tertiary/aromatic N) is 2. The lowest BCUT2D eigenvalue weighted by atomic mass is 10.0. The molecule has 1 fully saturated rings. The van der Waals surface area contributed by atoms with Crippen molar-refractivity contribution in [3.05, 3.63) is 58.6 Å². The van der Waals surface area contributed by atoms with Gasteiger partial charge in [0, 0.05) is 12.8 Å². The molecule has 1 aliphatic heterocycles. The Morgan fingerprint density at radius 1 is 1.14 bits per heavy atom. The van der Waals surface area contributed by atoms with Gasteiger partial charge in [0.15, 0.2) is 17.2 Å². The van der Waals surface area contributed by atoms with Gasteiger partial charge in [0.25, 0.3) is 0 Å². The second kappa shape index (κ2) is 10.1. The van der Waals surface area contributed by atoms with Gasteiger partial charge < -0.3 is 14.9 Å². The fraction of sp³-hybridized carbons (Fsp3) is 0.286. The molecule has 1 aromatic carbocycles. The van der Waals surface area contributed by atoms with Gasteiger partial charge in [-0.2, -0.15) is 0 Å². The van der Waals surface area contributed by atoms with Crippen LogP contribution >= 0.6 is 0 Å². The molecule has 2 aromatic rings. The van der Waals surface area contributed by atoms with E-state index in [0.717, 1.165) is 37.3 Å². The number of anilines is 1. The number of benzene rings is 1. The summed E-state index contributed by atoms with van der Waals surface area (Å²) in [6.07, 6.45) is 5.57. The SMILES string of the molecule is COc1cccc(C#CC=C2CCN(c3[nH+]cccc3N=O)CC2)c1OC.[OH-]. The first-order chi connectivity index (χ1) is 13.3. The van der Waals surface area contributed by atoms with Crippen molar-refractivity contribution in [3.63, 3.8) is 0 Å². The summed E-state index contributed by atoms with van der Waals surface area (Å²) in [4.78, 5) is 16.2. The molecule has 7 heteroatoms. The maximum absolute atomic E-state index is 11.0. The van der Waals surface area contributed by atoms with Crippen LogP contribution in [0.2, 0.25) is 0 Å². The molecule has 1 saturated heterocycles. The average molecular weight is 381 g/mol. The minimum atomic E-state index is 0. The third kappa shape index (κ3) is 4.67. The molecule has 7 nitrogen and oxygen atoms in total. The van der Waals surface area contributed by atoms with Crippen molar-refractivity contribution >= 4 is 11.5 Å². The predicted octanol–water partition coefficient (Wildman–Crippen LogP) is 3.32. The van der Waals surface area contributed by atoms with E-state index < -0.39 is 0 Å². The van der Waals surface area contributed by atoms with Crippen molar-refractivity contribution in [2.45, 2.75) is 12.8 Å². The van der Waals surface area contributed by atoms with Crippen LogP contribution in [0.1, 0.15) is 18.4 Å². The standard InChI is InChI=1S/C21H21N3O3.H2O/c1-26-19-10-4-8-17(20(19)27-2)7-3-6-16-11-14-24(15-12-16)21-18(23-25)9-5-13-22-21;/h4-6,8-10,13H,11-12,14-15H2,1-2H3;1H2. The van der Waals surface area contributed by atoms with Crippen molar-refractivity contribution in [3.8, 4) is 23.3 Å². The van der Waals surface area contributed by atoms with Crippen LogP contribution < -0.4 is 19.4 Å². The summed E-state index contributed by atoms with van der Waals surface area (Å²) in [5, 5.41) is 3.10. The second-order valence-electron chi connectivity index (χ2n) is 6.10. The summed E-state index contributed by atoms with van der Waals surface area (Å²) in [6, 6.07) is 9.15. The van der Waals surface area contributed by atoms with Crippen LogP contribution in [-0.4, -0.2) is 32.8 Å². The lowest BCUT2D eigenvalue weighted by molar-refractivity contribution is -0.363. The summed E-state index contributed by atoms with van der Waals surface area (Å²) in [6.45, 7) is 1.64. The maximum atomic E-state index is 11.0. The molecule has 0 saturated carbocycles. The van der Waals surface area contributed by atoms with Gasteiger partial charge >= 0.3 is 5.82 Å². The van der Waals surface area contributed by atoms with Crippen LogP contribution in [0.15, 0.2) is 53.4 Å². The van der Waals surface area contributed by atoms with E-state index in [1.807, 2.05) is 30.5 Å². The summed E-state index contributed by atoms with van der Waals surface area (Å²) >= 11 is 0. The highest BCUT2D eigenvalue weighted by atomic mass is 16.5. The molecule has 3 rings (SSSR count). The van der Waals surface area contributed by atoms with Crippen molar-refractivity contribution < 1.29 is 19.9 Å².